The van der Waals surface area contributed by atoms with E-state index < -0.39 is 0 Å². The average molecular weight is 205 g/mol. The number of nitrogens with zero attached hydrogens (tertiary/aromatic N) is 2. The van der Waals surface area contributed by atoms with Crippen molar-refractivity contribution >= 4 is 5.69 Å². The lowest BCUT2D eigenvalue weighted by Gasteiger charge is -2.25. The third-order valence-electron chi connectivity index (χ3n) is 2.94. The van der Waals surface area contributed by atoms with E-state index in [-0.39, 0.29) is 0 Å². The summed E-state index contributed by atoms with van der Waals surface area (Å²) in [7, 11) is 0. The zero-order valence-electron chi connectivity index (χ0n) is 9.53. The Kier molecular flexibility index (Phi) is 3.21. The molecule has 1 aliphatic rings. The Hall–Kier alpha value is -1.09. The third-order valence-corrected chi connectivity index (χ3v) is 2.94. The molecule has 15 heavy (non-hydrogen) atoms. The number of aryl methyl sites for hydroxylation is 1. The molecule has 2 heterocycles. The van der Waals surface area contributed by atoms with Gasteiger partial charge in [-0.05, 0) is 38.4 Å². The van der Waals surface area contributed by atoms with E-state index in [1.54, 1.807) is 0 Å². The van der Waals surface area contributed by atoms with Crippen molar-refractivity contribution in [3.05, 3.63) is 24.0 Å². The summed E-state index contributed by atoms with van der Waals surface area (Å²) in [6, 6.07) is 2.64. The highest BCUT2D eigenvalue weighted by Gasteiger charge is 2.15. The van der Waals surface area contributed by atoms with Crippen molar-refractivity contribution in [1.82, 2.24) is 10.3 Å². The second-order valence-electron chi connectivity index (χ2n) is 4.32. The van der Waals surface area contributed by atoms with Gasteiger partial charge in [0.2, 0.25) is 0 Å². The van der Waals surface area contributed by atoms with Gasteiger partial charge in [-0.2, -0.15) is 0 Å². The first kappa shape index (κ1) is 10.4. The van der Waals surface area contributed by atoms with Gasteiger partial charge in [-0.3, -0.25) is 4.98 Å². The van der Waals surface area contributed by atoms with Gasteiger partial charge in [0.25, 0.3) is 0 Å². The Morgan fingerprint density at radius 2 is 2.40 bits per heavy atom. The first-order chi connectivity index (χ1) is 7.27. The molecule has 0 radical (unpaired) electrons. The monoisotopic (exact) mass is 205 g/mol. The standard InChI is InChI=1S/C12H19N3/c1-10-4-6-13-8-12(10)15-7-3-5-14-11(2)9-15/h4,6,8,11,14H,3,5,7,9H2,1-2H3. The Morgan fingerprint density at radius 3 is 3.20 bits per heavy atom. The molecule has 3 nitrogen and oxygen atoms in total. The second-order valence-corrected chi connectivity index (χ2v) is 4.32. The van der Waals surface area contributed by atoms with Crippen molar-refractivity contribution in [2.24, 2.45) is 0 Å². The molecule has 2 rings (SSSR count). The molecule has 0 bridgehead atoms. The molecule has 1 N–H and O–H groups in total. The highest BCUT2D eigenvalue weighted by atomic mass is 15.2. The van der Waals surface area contributed by atoms with Crippen molar-refractivity contribution in [2.45, 2.75) is 26.3 Å². The summed E-state index contributed by atoms with van der Waals surface area (Å²) in [6.07, 6.45) is 5.05. The Labute approximate surface area is 91.5 Å². The van der Waals surface area contributed by atoms with Crippen molar-refractivity contribution < 1.29 is 0 Å². The lowest BCUT2D eigenvalue weighted by atomic mass is 10.2. The van der Waals surface area contributed by atoms with Crippen LogP contribution in [-0.2, 0) is 0 Å². The Balaban J connectivity index is 2.18. The lowest BCUT2D eigenvalue weighted by Crippen LogP contribution is -2.35. The zero-order valence-corrected chi connectivity index (χ0v) is 9.53. The van der Waals surface area contributed by atoms with E-state index in [0.29, 0.717) is 6.04 Å². The number of nitrogens with one attached hydrogen (secondary N) is 1. The molecule has 0 amide bonds. The fourth-order valence-corrected chi connectivity index (χ4v) is 2.11. The molecule has 3 heteroatoms. The Morgan fingerprint density at radius 1 is 1.53 bits per heavy atom. The molecule has 1 atom stereocenters. The number of pyridine rings is 1. The summed E-state index contributed by atoms with van der Waals surface area (Å²) < 4.78 is 0. The van der Waals surface area contributed by atoms with Crippen molar-refractivity contribution in [1.29, 1.82) is 0 Å². The van der Waals surface area contributed by atoms with E-state index in [1.807, 2.05) is 12.4 Å². The van der Waals surface area contributed by atoms with E-state index in [0.717, 1.165) is 19.6 Å². The van der Waals surface area contributed by atoms with Crippen molar-refractivity contribution in [3.8, 4) is 0 Å². The molecule has 82 valence electrons. The first-order valence-corrected chi connectivity index (χ1v) is 5.66. The van der Waals surface area contributed by atoms with E-state index in [1.165, 1.54) is 17.7 Å². The average Bonchev–Trinajstić information content (AvgIpc) is 2.43. The molecule has 1 aromatic rings. The molecule has 0 aromatic carbocycles. The van der Waals surface area contributed by atoms with Crippen LogP contribution in [-0.4, -0.2) is 30.7 Å². The topological polar surface area (TPSA) is 28.2 Å². The summed E-state index contributed by atoms with van der Waals surface area (Å²) in [5.74, 6) is 0. The maximum absolute atomic E-state index is 4.21. The SMILES string of the molecule is Cc1ccncc1N1CCCNC(C)C1. The van der Waals surface area contributed by atoms with Crippen LogP contribution in [0.2, 0.25) is 0 Å². The normalized spacial score (nSPS) is 22.5. The molecule has 1 unspecified atom stereocenters. The minimum atomic E-state index is 0.562. The molecule has 1 aromatic heterocycles. The van der Waals surface area contributed by atoms with Crippen LogP contribution in [0.25, 0.3) is 0 Å². The molecule has 0 saturated carbocycles. The van der Waals surface area contributed by atoms with Crippen LogP contribution in [0.3, 0.4) is 0 Å². The highest BCUT2D eigenvalue weighted by Crippen LogP contribution is 2.19. The van der Waals surface area contributed by atoms with Gasteiger partial charge in [0.1, 0.15) is 0 Å². The predicted octanol–water partition coefficient (Wildman–Crippen LogP) is 1.58. The van der Waals surface area contributed by atoms with E-state index in [4.69, 9.17) is 0 Å². The van der Waals surface area contributed by atoms with Gasteiger partial charge in [-0.25, -0.2) is 0 Å². The van der Waals surface area contributed by atoms with Crippen molar-refractivity contribution in [3.63, 3.8) is 0 Å². The summed E-state index contributed by atoms with van der Waals surface area (Å²) in [5.41, 5.74) is 2.60. The van der Waals surface area contributed by atoms with E-state index in [2.05, 4.69) is 35.1 Å². The van der Waals surface area contributed by atoms with Gasteiger partial charge in [-0.15, -0.1) is 0 Å². The van der Waals surface area contributed by atoms with Crippen LogP contribution >= 0.6 is 0 Å². The van der Waals surface area contributed by atoms with E-state index >= 15 is 0 Å². The molecule has 0 aliphatic carbocycles. The van der Waals surface area contributed by atoms with Gasteiger partial charge in [-0.1, -0.05) is 0 Å². The highest BCUT2D eigenvalue weighted by molar-refractivity contribution is 5.51. The van der Waals surface area contributed by atoms with Crippen LogP contribution in [0.1, 0.15) is 18.9 Å². The smallest absolute Gasteiger partial charge is 0.0582 e. The van der Waals surface area contributed by atoms with Gasteiger partial charge >= 0.3 is 0 Å². The summed E-state index contributed by atoms with van der Waals surface area (Å²) in [5, 5.41) is 3.50. The summed E-state index contributed by atoms with van der Waals surface area (Å²) in [4.78, 5) is 6.65. The molecule has 1 fully saturated rings. The van der Waals surface area contributed by atoms with Gasteiger partial charge in [0, 0.05) is 25.3 Å². The number of aromatic nitrogens is 1. The van der Waals surface area contributed by atoms with Crippen LogP contribution in [0.5, 0.6) is 0 Å². The van der Waals surface area contributed by atoms with Crippen molar-refractivity contribution in [2.75, 3.05) is 24.5 Å². The number of hydrogen-bond donors (Lipinski definition) is 1. The molecular formula is C12H19N3. The number of anilines is 1. The summed E-state index contributed by atoms with van der Waals surface area (Å²) in [6.45, 7) is 7.72. The lowest BCUT2D eigenvalue weighted by molar-refractivity contribution is 0.584. The molecule has 1 aliphatic heterocycles. The van der Waals surface area contributed by atoms with Gasteiger partial charge in [0.05, 0.1) is 11.9 Å². The molecular weight excluding hydrogens is 186 g/mol. The molecule has 0 spiro atoms. The Bertz CT molecular complexity index is 324. The minimum absolute atomic E-state index is 0.562. The van der Waals surface area contributed by atoms with Crippen LogP contribution < -0.4 is 10.2 Å². The predicted molar refractivity (Wildman–Crippen MR) is 63.3 cm³/mol. The second kappa shape index (κ2) is 4.62. The zero-order chi connectivity index (χ0) is 10.7. The summed E-state index contributed by atoms with van der Waals surface area (Å²) >= 11 is 0. The number of rotatable bonds is 1. The van der Waals surface area contributed by atoms with Crippen LogP contribution in [0.4, 0.5) is 5.69 Å². The molecule has 1 saturated heterocycles. The van der Waals surface area contributed by atoms with Crippen LogP contribution in [0.15, 0.2) is 18.5 Å². The van der Waals surface area contributed by atoms with Crippen LogP contribution in [0, 0.1) is 6.92 Å². The maximum Gasteiger partial charge on any atom is 0.0582 e. The quantitative estimate of drug-likeness (QED) is 0.754. The fourth-order valence-electron chi connectivity index (χ4n) is 2.11. The van der Waals surface area contributed by atoms with E-state index in [9.17, 15) is 0 Å². The van der Waals surface area contributed by atoms with Gasteiger partial charge in [0.15, 0.2) is 0 Å². The third kappa shape index (κ3) is 2.48. The number of hydrogen-bond acceptors (Lipinski definition) is 3. The maximum atomic E-state index is 4.21. The minimum Gasteiger partial charge on any atom is -0.368 e. The van der Waals surface area contributed by atoms with Gasteiger partial charge < -0.3 is 10.2 Å². The first-order valence-electron chi connectivity index (χ1n) is 5.66. The largest absolute Gasteiger partial charge is 0.368 e. The fraction of sp³-hybridized carbons (Fsp3) is 0.583.